The molecule has 0 aliphatic rings. The van der Waals surface area contributed by atoms with Crippen molar-refractivity contribution in [1.29, 1.82) is 0 Å². The topological polar surface area (TPSA) is 44.9 Å². The number of nitrogens with one attached hydrogen (secondary N) is 2. The maximum Gasteiger partial charge on any atom is 0.255 e. The molecule has 1 heterocycles. The number of carbonyl (C=O) groups excluding carboxylic acids is 1. The minimum atomic E-state index is -0.117. The van der Waals surface area contributed by atoms with E-state index in [4.69, 9.17) is 12.2 Å². The third kappa shape index (κ3) is 2.79. The van der Waals surface area contributed by atoms with Crippen molar-refractivity contribution in [2.24, 2.45) is 0 Å². The second kappa shape index (κ2) is 4.93. The summed E-state index contributed by atoms with van der Waals surface area (Å²) >= 11 is 4.93. The van der Waals surface area contributed by atoms with Gasteiger partial charge >= 0.3 is 0 Å². The van der Waals surface area contributed by atoms with E-state index in [0.29, 0.717) is 15.9 Å². The molecule has 2 aromatic rings. The Hall–Kier alpha value is -1.94. The lowest BCUT2D eigenvalue weighted by atomic mass is 10.1. The fourth-order valence-corrected chi connectivity index (χ4v) is 1.64. The predicted octanol–water partition coefficient (Wildman–Crippen LogP) is 3.30. The molecule has 2 rings (SSSR count). The first-order valence-corrected chi connectivity index (χ1v) is 5.63. The minimum absolute atomic E-state index is 0.117. The third-order valence-electron chi connectivity index (χ3n) is 2.43. The van der Waals surface area contributed by atoms with E-state index in [0.717, 1.165) is 5.56 Å². The van der Waals surface area contributed by atoms with Crippen LogP contribution in [0.5, 0.6) is 0 Å². The average molecular weight is 244 g/mol. The van der Waals surface area contributed by atoms with E-state index < -0.39 is 0 Å². The van der Waals surface area contributed by atoms with Crippen LogP contribution < -0.4 is 5.32 Å². The molecule has 17 heavy (non-hydrogen) atoms. The highest BCUT2D eigenvalue weighted by Gasteiger charge is 2.07. The monoisotopic (exact) mass is 244 g/mol. The molecule has 2 N–H and O–H groups in total. The second-order valence-corrected chi connectivity index (χ2v) is 4.15. The molecule has 0 bridgehead atoms. The van der Waals surface area contributed by atoms with Crippen molar-refractivity contribution in [3.05, 3.63) is 58.4 Å². The van der Waals surface area contributed by atoms with Crippen molar-refractivity contribution < 1.29 is 4.79 Å². The average Bonchev–Trinajstić information content (AvgIpc) is 2.32. The number of hydrogen-bond acceptors (Lipinski definition) is 2. The summed E-state index contributed by atoms with van der Waals surface area (Å²) in [5.41, 5.74) is 2.33. The first-order valence-electron chi connectivity index (χ1n) is 5.22. The Morgan fingerprint density at radius 2 is 2.00 bits per heavy atom. The Kier molecular flexibility index (Phi) is 3.35. The van der Waals surface area contributed by atoms with Gasteiger partial charge in [0.1, 0.15) is 4.64 Å². The Morgan fingerprint density at radius 1 is 1.24 bits per heavy atom. The standard InChI is InChI=1S/C13H12N2OS/c1-9-4-2-3-5-11(9)13(16)15-10-6-7-12(17)14-8-10/h2-8H,1H3,(H,14,17)(H,15,16). The van der Waals surface area contributed by atoms with Gasteiger partial charge in [0.15, 0.2) is 0 Å². The van der Waals surface area contributed by atoms with Crippen LogP contribution >= 0.6 is 12.2 Å². The Bertz CT molecular complexity index is 584. The first kappa shape index (κ1) is 11.5. The van der Waals surface area contributed by atoms with Crippen molar-refractivity contribution in [1.82, 2.24) is 4.98 Å². The van der Waals surface area contributed by atoms with Crippen molar-refractivity contribution in [3.63, 3.8) is 0 Å². The number of aromatic nitrogens is 1. The normalized spacial score (nSPS) is 9.94. The van der Waals surface area contributed by atoms with Gasteiger partial charge in [0, 0.05) is 11.8 Å². The molecule has 0 spiro atoms. The summed E-state index contributed by atoms with van der Waals surface area (Å²) in [6.07, 6.45) is 1.68. The fraction of sp³-hybridized carbons (Fsp3) is 0.0769. The molecule has 1 aromatic carbocycles. The Balaban J connectivity index is 2.20. The first-order chi connectivity index (χ1) is 8.16. The summed E-state index contributed by atoms with van der Waals surface area (Å²) < 4.78 is 0.638. The maximum absolute atomic E-state index is 12.0. The van der Waals surface area contributed by atoms with E-state index in [1.165, 1.54) is 0 Å². The molecule has 0 aliphatic heterocycles. The van der Waals surface area contributed by atoms with Crippen LogP contribution in [0.4, 0.5) is 5.69 Å². The van der Waals surface area contributed by atoms with Gasteiger partial charge in [-0.25, -0.2) is 0 Å². The number of hydrogen-bond donors (Lipinski definition) is 2. The van der Waals surface area contributed by atoms with Gasteiger partial charge in [-0.05, 0) is 30.7 Å². The number of aryl methyl sites for hydroxylation is 1. The Morgan fingerprint density at radius 3 is 2.65 bits per heavy atom. The number of benzene rings is 1. The molecule has 3 nitrogen and oxygen atoms in total. The van der Waals surface area contributed by atoms with Gasteiger partial charge in [0.05, 0.1) is 5.69 Å². The van der Waals surface area contributed by atoms with E-state index in [1.54, 1.807) is 24.4 Å². The van der Waals surface area contributed by atoms with E-state index in [-0.39, 0.29) is 5.91 Å². The summed E-state index contributed by atoms with van der Waals surface area (Å²) in [6, 6.07) is 11.0. The van der Waals surface area contributed by atoms with Crippen LogP contribution in [-0.2, 0) is 0 Å². The van der Waals surface area contributed by atoms with Gasteiger partial charge in [0.2, 0.25) is 0 Å². The van der Waals surface area contributed by atoms with Gasteiger partial charge in [-0.15, -0.1) is 0 Å². The van der Waals surface area contributed by atoms with Crippen LogP contribution in [0, 0.1) is 11.6 Å². The molecule has 0 saturated carbocycles. The third-order valence-corrected chi connectivity index (χ3v) is 2.69. The number of anilines is 1. The molecule has 86 valence electrons. The number of H-pyrrole nitrogens is 1. The SMILES string of the molecule is Cc1ccccc1C(=O)Nc1ccc(=S)[nH]c1. The summed E-state index contributed by atoms with van der Waals surface area (Å²) in [7, 11) is 0. The zero-order valence-corrected chi connectivity index (χ0v) is 10.2. The van der Waals surface area contributed by atoms with E-state index in [1.807, 2.05) is 25.1 Å². The van der Waals surface area contributed by atoms with E-state index in [2.05, 4.69) is 10.3 Å². The summed E-state index contributed by atoms with van der Waals surface area (Å²) in [6.45, 7) is 1.91. The van der Waals surface area contributed by atoms with Crippen LogP contribution in [0.3, 0.4) is 0 Å². The molecule has 0 saturated heterocycles. The molecule has 1 aromatic heterocycles. The second-order valence-electron chi connectivity index (χ2n) is 3.71. The number of pyridine rings is 1. The lowest BCUT2D eigenvalue weighted by molar-refractivity contribution is 0.102. The molecular formula is C13H12N2OS. The van der Waals surface area contributed by atoms with Gasteiger partial charge in [-0.1, -0.05) is 30.4 Å². The quantitative estimate of drug-likeness (QED) is 0.796. The highest BCUT2D eigenvalue weighted by Crippen LogP contribution is 2.11. The van der Waals surface area contributed by atoms with Gasteiger partial charge in [-0.3, -0.25) is 4.79 Å². The number of carbonyl (C=O) groups is 1. The van der Waals surface area contributed by atoms with Crippen LogP contribution in [-0.4, -0.2) is 10.9 Å². The largest absolute Gasteiger partial charge is 0.351 e. The van der Waals surface area contributed by atoms with Crippen LogP contribution in [0.15, 0.2) is 42.6 Å². The predicted molar refractivity (Wildman–Crippen MR) is 70.8 cm³/mol. The number of aromatic amines is 1. The van der Waals surface area contributed by atoms with Gasteiger partial charge < -0.3 is 10.3 Å². The van der Waals surface area contributed by atoms with E-state index in [9.17, 15) is 4.79 Å². The zero-order chi connectivity index (χ0) is 12.3. The van der Waals surface area contributed by atoms with Crippen LogP contribution in [0.1, 0.15) is 15.9 Å². The van der Waals surface area contributed by atoms with Gasteiger partial charge in [-0.2, -0.15) is 0 Å². The summed E-state index contributed by atoms with van der Waals surface area (Å²) in [4.78, 5) is 14.8. The Labute approximate surface area is 105 Å². The van der Waals surface area contributed by atoms with Crippen LogP contribution in [0.25, 0.3) is 0 Å². The number of rotatable bonds is 2. The lowest BCUT2D eigenvalue weighted by Gasteiger charge is -2.06. The maximum atomic E-state index is 12.0. The zero-order valence-electron chi connectivity index (χ0n) is 9.36. The smallest absolute Gasteiger partial charge is 0.255 e. The summed E-state index contributed by atoms with van der Waals surface area (Å²) in [5.74, 6) is -0.117. The molecule has 0 atom stereocenters. The molecule has 4 heteroatoms. The molecule has 0 aliphatic carbocycles. The molecule has 0 unspecified atom stereocenters. The molecular weight excluding hydrogens is 232 g/mol. The molecule has 0 fully saturated rings. The summed E-state index contributed by atoms with van der Waals surface area (Å²) in [5, 5.41) is 2.81. The fourth-order valence-electron chi connectivity index (χ4n) is 1.51. The molecule has 1 amide bonds. The minimum Gasteiger partial charge on any atom is -0.351 e. The molecule has 0 radical (unpaired) electrons. The van der Waals surface area contributed by atoms with E-state index >= 15 is 0 Å². The number of amides is 1. The van der Waals surface area contributed by atoms with Crippen LogP contribution in [0.2, 0.25) is 0 Å². The lowest BCUT2D eigenvalue weighted by Crippen LogP contribution is -2.13. The highest BCUT2D eigenvalue weighted by atomic mass is 32.1. The van der Waals surface area contributed by atoms with Crippen molar-refractivity contribution >= 4 is 23.8 Å². The van der Waals surface area contributed by atoms with Gasteiger partial charge in [0.25, 0.3) is 5.91 Å². The van der Waals surface area contributed by atoms with Crippen molar-refractivity contribution in [3.8, 4) is 0 Å². The van der Waals surface area contributed by atoms with Crippen molar-refractivity contribution in [2.45, 2.75) is 6.92 Å². The van der Waals surface area contributed by atoms with Crippen molar-refractivity contribution in [2.75, 3.05) is 5.32 Å². The highest BCUT2D eigenvalue weighted by molar-refractivity contribution is 7.71.